The van der Waals surface area contributed by atoms with Gasteiger partial charge in [-0.1, -0.05) is 0 Å². The monoisotopic (exact) mass is 152 g/mol. The first-order valence-electron chi connectivity index (χ1n) is 3.03. The number of pyridine rings is 1. The maximum atomic E-state index is 10.4. The molecule has 1 heterocycles. The summed E-state index contributed by atoms with van der Waals surface area (Å²) in [5.74, 6) is 0.645. The number of anilines is 1. The first-order chi connectivity index (χ1) is 5.29. The summed E-state index contributed by atoms with van der Waals surface area (Å²) in [6, 6.07) is 1.58. The van der Waals surface area contributed by atoms with E-state index in [9.17, 15) is 4.79 Å². The van der Waals surface area contributed by atoms with Crippen molar-refractivity contribution in [3.8, 4) is 5.75 Å². The highest BCUT2D eigenvalue weighted by molar-refractivity contribution is 5.85. The van der Waals surface area contributed by atoms with Crippen LogP contribution in [0.3, 0.4) is 0 Å². The van der Waals surface area contributed by atoms with Crippen LogP contribution in [0.1, 0.15) is 10.4 Å². The Labute approximate surface area is 64.0 Å². The molecule has 0 aliphatic rings. The molecule has 11 heavy (non-hydrogen) atoms. The summed E-state index contributed by atoms with van der Waals surface area (Å²) in [5, 5.41) is 0. The molecule has 2 N–H and O–H groups in total. The second-order valence-corrected chi connectivity index (χ2v) is 1.93. The maximum absolute atomic E-state index is 10.4. The van der Waals surface area contributed by atoms with Gasteiger partial charge in [0.15, 0.2) is 6.29 Å². The Kier molecular flexibility index (Phi) is 2.06. The lowest BCUT2D eigenvalue weighted by Crippen LogP contribution is -1.99. The lowest BCUT2D eigenvalue weighted by Gasteiger charge is -2.03. The van der Waals surface area contributed by atoms with Gasteiger partial charge < -0.3 is 10.5 Å². The van der Waals surface area contributed by atoms with Crippen LogP contribution in [0.4, 0.5) is 5.82 Å². The molecule has 0 saturated heterocycles. The Morgan fingerprint density at radius 2 is 2.45 bits per heavy atom. The van der Waals surface area contributed by atoms with Gasteiger partial charge in [-0.25, -0.2) is 4.98 Å². The van der Waals surface area contributed by atoms with Crippen LogP contribution >= 0.6 is 0 Å². The summed E-state index contributed by atoms with van der Waals surface area (Å²) in [7, 11) is 1.47. The number of methoxy groups -OCH3 is 1. The minimum Gasteiger partial charge on any atom is -0.496 e. The molecule has 0 aliphatic carbocycles. The van der Waals surface area contributed by atoms with Crippen LogP contribution in [0.5, 0.6) is 5.75 Å². The average molecular weight is 152 g/mol. The van der Waals surface area contributed by atoms with E-state index in [0.717, 1.165) is 0 Å². The summed E-state index contributed by atoms with van der Waals surface area (Å²) in [6.45, 7) is 0. The van der Waals surface area contributed by atoms with Gasteiger partial charge in [0, 0.05) is 6.20 Å². The van der Waals surface area contributed by atoms with Crippen molar-refractivity contribution in [3.63, 3.8) is 0 Å². The van der Waals surface area contributed by atoms with Crippen LogP contribution in [-0.4, -0.2) is 18.4 Å². The van der Waals surface area contributed by atoms with E-state index in [1.165, 1.54) is 13.3 Å². The minimum absolute atomic E-state index is 0.194. The third kappa shape index (κ3) is 1.29. The predicted molar refractivity (Wildman–Crippen MR) is 40.6 cm³/mol. The Morgan fingerprint density at radius 3 is 2.91 bits per heavy atom. The fourth-order valence-corrected chi connectivity index (χ4v) is 0.767. The smallest absolute Gasteiger partial charge is 0.157 e. The molecule has 0 amide bonds. The average Bonchev–Trinajstić information content (AvgIpc) is 2.04. The number of carbonyl (C=O) groups is 1. The van der Waals surface area contributed by atoms with Crippen LogP contribution < -0.4 is 10.5 Å². The zero-order valence-electron chi connectivity index (χ0n) is 6.07. The van der Waals surface area contributed by atoms with Gasteiger partial charge in [-0.15, -0.1) is 0 Å². The topological polar surface area (TPSA) is 65.2 Å². The van der Waals surface area contributed by atoms with Crippen LogP contribution in [0.25, 0.3) is 0 Å². The fraction of sp³-hybridized carbons (Fsp3) is 0.143. The molecule has 1 aromatic rings. The summed E-state index contributed by atoms with van der Waals surface area (Å²) < 4.78 is 4.87. The minimum atomic E-state index is 0.194. The van der Waals surface area contributed by atoms with E-state index in [-0.39, 0.29) is 5.82 Å². The Hall–Kier alpha value is -1.58. The summed E-state index contributed by atoms with van der Waals surface area (Å²) in [6.07, 6.45) is 2.11. The molecule has 0 aliphatic heterocycles. The van der Waals surface area contributed by atoms with Gasteiger partial charge >= 0.3 is 0 Å². The van der Waals surface area contributed by atoms with Gasteiger partial charge in [0.2, 0.25) is 0 Å². The standard InChI is InChI=1S/C7H8N2O2/c1-11-6-2-3-9-7(8)5(6)4-10/h2-4H,1H3,(H2,8,9). The number of hydrogen-bond acceptors (Lipinski definition) is 4. The highest BCUT2D eigenvalue weighted by Gasteiger charge is 2.04. The van der Waals surface area contributed by atoms with Crippen molar-refractivity contribution in [1.29, 1.82) is 0 Å². The van der Waals surface area contributed by atoms with Gasteiger partial charge in [0.25, 0.3) is 0 Å². The first-order valence-corrected chi connectivity index (χ1v) is 3.03. The van der Waals surface area contributed by atoms with E-state index < -0.39 is 0 Å². The number of nitrogens with two attached hydrogens (primary N) is 1. The highest BCUT2D eigenvalue weighted by Crippen LogP contribution is 2.18. The zero-order valence-corrected chi connectivity index (χ0v) is 6.07. The highest BCUT2D eigenvalue weighted by atomic mass is 16.5. The van der Waals surface area contributed by atoms with Crippen molar-refractivity contribution >= 4 is 12.1 Å². The van der Waals surface area contributed by atoms with E-state index >= 15 is 0 Å². The van der Waals surface area contributed by atoms with Gasteiger partial charge in [0.05, 0.1) is 12.7 Å². The third-order valence-electron chi connectivity index (χ3n) is 1.32. The quantitative estimate of drug-likeness (QED) is 0.626. The Morgan fingerprint density at radius 1 is 1.73 bits per heavy atom. The normalized spacial score (nSPS) is 9.18. The lowest BCUT2D eigenvalue weighted by atomic mass is 10.2. The molecule has 4 heteroatoms. The van der Waals surface area contributed by atoms with E-state index in [1.807, 2.05) is 0 Å². The molecular weight excluding hydrogens is 144 g/mol. The molecular formula is C7H8N2O2. The molecule has 1 aromatic heterocycles. The number of carbonyl (C=O) groups excluding carboxylic acids is 1. The number of hydrogen-bond donors (Lipinski definition) is 1. The second-order valence-electron chi connectivity index (χ2n) is 1.93. The van der Waals surface area contributed by atoms with Gasteiger partial charge in [-0.2, -0.15) is 0 Å². The molecule has 0 aromatic carbocycles. The molecule has 0 fully saturated rings. The van der Waals surface area contributed by atoms with E-state index in [4.69, 9.17) is 10.5 Å². The van der Waals surface area contributed by atoms with Gasteiger partial charge in [-0.3, -0.25) is 4.79 Å². The molecule has 58 valence electrons. The lowest BCUT2D eigenvalue weighted by molar-refractivity contribution is 0.112. The Bertz CT molecular complexity index is 273. The Balaban J connectivity index is 3.24. The van der Waals surface area contributed by atoms with Crippen molar-refractivity contribution in [2.45, 2.75) is 0 Å². The van der Waals surface area contributed by atoms with E-state index in [2.05, 4.69) is 4.98 Å². The fourth-order valence-electron chi connectivity index (χ4n) is 0.767. The maximum Gasteiger partial charge on any atom is 0.157 e. The number of aldehydes is 1. The molecule has 4 nitrogen and oxygen atoms in total. The van der Waals surface area contributed by atoms with Crippen molar-refractivity contribution in [1.82, 2.24) is 4.98 Å². The van der Waals surface area contributed by atoms with Crippen LogP contribution in [0, 0.1) is 0 Å². The molecule has 1 rings (SSSR count). The molecule has 0 bridgehead atoms. The van der Waals surface area contributed by atoms with E-state index in [1.54, 1.807) is 6.07 Å². The second kappa shape index (κ2) is 3.01. The number of nitrogen functional groups attached to an aromatic ring is 1. The molecule has 0 atom stereocenters. The third-order valence-corrected chi connectivity index (χ3v) is 1.32. The number of ether oxygens (including phenoxy) is 1. The summed E-state index contributed by atoms with van der Waals surface area (Å²) >= 11 is 0. The van der Waals surface area contributed by atoms with Crippen LogP contribution in [-0.2, 0) is 0 Å². The van der Waals surface area contributed by atoms with Crippen molar-refractivity contribution < 1.29 is 9.53 Å². The number of rotatable bonds is 2. The number of aromatic nitrogens is 1. The largest absolute Gasteiger partial charge is 0.496 e. The van der Waals surface area contributed by atoms with Crippen LogP contribution in [0.15, 0.2) is 12.3 Å². The van der Waals surface area contributed by atoms with Crippen molar-refractivity contribution in [2.75, 3.05) is 12.8 Å². The first kappa shape index (κ1) is 7.53. The zero-order chi connectivity index (χ0) is 8.27. The summed E-state index contributed by atoms with van der Waals surface area (Å²) in [4.78, 5) is 14.1. The molecule has 0 saturated carbocycles. The van der Waals surface area contributed by atoms with Crippen molar-refractivity contribution in [2.24, 2.45) is 0 Å². The summed E-state index contributed by atoms with van der Waals surface area (Å²) in [5.41, 5.74) is 5.69. The predicted octanol–water partition coefficient (Wildman–Crippen LogP) is 0.485. The molecule has 0 unspecified atom stereocenters. The SMILES string of the molecule is COc1ccnc(N)c1C=O. The van der Waals surface area contributed by atoms with E-state index in [0.29, 0.717) is 17.6 Å². The van der Waals surface area contributed by atoms with Gasteiger partial charge in [0.1, 0.15) is 11.6 Å². The molecule has 0 spiro atoms. The van der Waals surface area contributed by atoms with Crippen LogP contribution in [0.2, 0.25) is 0 Å². The van der Waals surface area contributed by atoms with Gasteiger partial charge in [-0.05, 0) is 6.07 Å². The number of nitrogens with zero attached hydrogens (tertiary/aromatic N) is 1. The van der Waals surface area contributed by atoms with Crippen molar-refractivity contribution in [3.05, 3.63) is 17.8 Å². The molecule has 0 radical (unpaired) electrons.